The van der Waals surface area contributed by atoms with Crippen LogP contribution in [0, 0.1) is 24.0 Å². The van der Waals surface area contributed by atoms with Crippen molar-refractivity contribution in [1.29, 1.82) is 0 Å². The number of nitrogens with zero attached hydrogens (tertiary/aromatic N) is 1. The molecule has 0 atom stereocenters. The number of aliphatic hydroxyl groups excluding tert-OH is 1. The Morgan fingerprint density at radius 1 is 1.40 bits per heavy atom. The first-order chi connectivity index (χ1) is 9.21. The maximum Gasteiger partial charge on any atom is 0.273 e. The standard InChI is InChI=1S/C12H16N2O5S/c1-8-5-10(6-11(9(8)2)14(16)17)20(18,19)13-12(7-15)3-4-12/h5-6,13,15H,3-4,7H2,1-2H3. The lowest BCUT2D eigenvalue weighted by Gasteiger charge is -2.15. The molecule has 20 heavy (non-hydrogen) atoms. The van der Waals surface area contributed by atoms with Crippen LogP contribution < -0.4 is 4.72 Å². The molecular formula is C12H16N2O5S. The zero-order chi connectivity index (χ0) is 15.1. The quantitative estimate of drug-likeness (QED) is 0.623. The molecule has 0 radical (unpaired) electrons. The molecule has 1 aromatic carbocycles. The fourth-order valence-electron chi connectivity index (χ4n) is 1.94. The van der Waals surface area contributed by atoms with Crippen LogP contribution in [0.1, 0.15) is 24.0 Å². The van der Waals surface area contributed by atoms with Crippen LogP contribution in [0.3, 0.4) is 0 Å². The molecule has 110 valence electrons. The van der Waals surface area contributed by atoms with Crippen molar-refractivity contribution in [3.8, 4) is 0 Å². The largest absolute Gasteiger partial charge is 0.394 e. The average Bonchev–Trinajstić information content (AvgIpc) is 3.11. The minimum atomic E-state index is -3.88. The summed E-state index contributed by atoms with van der Waals surface area (Å²) in [5.41, 5.74) is -0.0447. The van der Waals surface area contributed by atoms with Crippen molar-refractivity contribution in [2.75, 3.05) is 6.61 Å². The lowest BCUT2D eigenvalue weighted by molar-refractivity contribution is -0.385. The average molecular weight is 300 g/mol. The molecule has 0 aliphatic heterocycles. The summed E-state index contributed by atoms with van der Waals surface area (Å²) in [5.74, 6) is 0. The third kappa shape index (κ3) is 2.67. The summed E-state index contributed by atoms with van der Waals surface area (Å²) in [4.78, 5) is 10.2. The maximum absolute atomic E-state index is 12.2. The number of benzene rings is 1. The van der Waals surface area contributed by atoms with Gasteiger partial charge >= 0.3 is 0 Å². The molecule has 2 N–H and O–H groups in total. The van der Waals surface area contributed by atoms with E-state index in [1.807, 2.05) is 0 Å². The predicted octanol–water partition coefficient (Wildman–Crippen LogP) is 1.01. The van der Waals surface area contributed by atoms with Gasteiger partial charge in [-0.05, 0) is 38.3 Å². The minimum absolute atomic E-state index is 0.146. The van der Waals surface area contributed by atoms with Crippen molar-refractivity contribution in [2.45, 2.75) is 37.1 Å². The molecule has 1 fully saturated rings. The molecule has 7 nitrogen and oxygen atoms in total. The van der Waals surface area contributed by atoms with E-state index in [4.69, 9.17) is 0 Å². The van der Waals surface area contributed by atoms with E-state index in [1.165, 1.54) is 6.07 Å². The number of rotatable bonds is 5. The number of nitro benzene ring substituents is 1. The lowest BCUT2D eigenvalue weighted by Crippen LogP contribution is -2.39. The van der Waals surface area contributed by atoms with Gasteiger partial charge in [-0.25, -0.2) is 13.1 Å². The molecule has 1 aliphatic rings. The molecule has 0 amide bonds. The molecule has 8 heteroatoms. The zero-order valence-corrected chi connectivity index (χ0v) is 12.0. The molecule has 0 spiro atoms. The van der Waals surface area contributed by atoms with Gasteiger partial charge in [-0.1, -0.05) is 0 Å². The first-order valence-corrected chi connectivity index (χ1v) is 7.60. The van der Waals surface area contributed by atoms with Crippen LogP contribution in [0.4, 0.5) is 5.69 Å². The van der Waals surface area contributed by atoms with E-state index < -0.39 is 20.5 Å². The number of hydrogen-bond donors (Lipinski definition) is 2. The Kier molecular flexibility index (Phi) is 3.57. The first-order valence-electron chi connectivity index (χ1n) is 6.11. The highest BCUT2D eigenvalue weighted by Crippen LogP contribution is 2.36. The highest BCUT2D eigenvalue weighted by molar-refractivity contribution is 7.89. The topological polar surface area (TPSA) is 110 Å². The van der Waals surface area contributed by atoms with Crippen LogP contribution in [0.15, 0.2) is 17.0 Å². The maximum atomic E-state index is 12.2. The predicted molar refractivity (Wildman–Crippen MR) is 71.9 cm³/mol. The summed E-state index contributed by atoms with van der Waals surface area (Å²) in [5, 5.41) is 20.1. The van der Waals surface area contributed by atoms with Gasteiger partial charge in [-0.3, -0.25) is 10.1 Å². The van der Waals surface area contributed by atoms with Crippen molar-refractivity contribution >= 4 is 15.7 Å². The van der Waals surface area contributed by atoms with Gasteiger partial charge in [0, 0.05) is 11.6 Å². The van der Waals surface area contributed by atoms with E-state index in [1.54, 1.807) is 13.8 Å². The highest BCUT2D eigenvalue weighted by atomic mass is 32.2. The van der Waals surface area contributed by atoms with Crippen molar-refractivity contribution < 1.29 is 18.4 Å². The van der Waals surface area contributed by atoms with Gasteiger partial charge in [0.25, 0.3) is 5.69 Å². The summed E-state index contributed by atoms with van der Waals surface area (Å²) in [7, 11) is -3.88. The van der Waals surface area contributed by atoms with Gasteiger partial charge in [-0.2, -0.15) is 0 Å². The molecular weight excluding hydrogens is 284 g/mol. The number of aliphatic hydroxyl groups is 1. The molecule has 1 aliphatic carbocycles. The number of hydrogen-bond acceptors (Lipinski definition) is 5. The monoisotopic (exact) mass is 300 g/mol. The third-order valence-electron chi connectivity index (χ3n) is 3.63. The molecule has 2 rings (SSSR count). The Morgan fingerprint density at radius 2 is 2.00 bits per heavy atom. The number of nitro groups is 1. The molecule has 1 saturated carbocycles. The second kappa shape index (κ2) is 4.80. The van der Waals surface area contributed by atoms with E-state index in [0.717, 1.165) is 6.07 Å². The summed E-state index contributed by atoms with van der Waals surface area (Å²) < 4.78 is 26.9. The summed E-state index contributed by atoms with van der Waals surface area (Å²) >= 11 is 0. The Hall–Kier alpha value is -1.51. The van der Waals surface area contributed by atoms with Crippen LogP contribution >= 0.6 is 0 Å². The second-order valence-electron chi connectivity index (χ2n) is 5.19. The second-order valence-corrected chi connectivity index (χ2v) is 6.87. The van der Waals surface area contributed by atoms with Crippen LogP contribution in [-0.4, -0.2) is 30.6 Å². The van der Waals surface area contributed by atoms with Gasteiger partial charge < -0.3 is 5.11 Å². The Bertz CT molecular complexity index is 665. The number of sulfonamides is 1. The Balaban J connectivity index is 2.44. The molecule has 1 aromatic rings. The van der Waals surface area contributed by atoms with Crippen LogP contribution in [0.5, 0.6) is 0 Å². The number of aryl methyl sites for hydroxylation is 1. The molecule has 0 unspecified atom stereocenters. The summed E-state index contributed by atoms with van der Waals surface area (Å²) in [6, 6.07) is 2.45. The van der Waals surface area contributed by atoms with Gasteiger partial charge in [0.1, 0.15) is 0 Å². The molecule has 0 heterocycles. The smallest absolute Gasteiger partial charge is 0.273 e. The van der Waals surface area contributed by atoms with E-state index in [0.29, 0.717) is 24.0 Å². The number of nitrogens with one attached hydrogen (secondary N) is 1. The minimum Gasteiger partial charge on any atom is -0.394 e. The fourth-order valence-corrected chi connectivity index (χ4v) is 3.50. The van der Waals surface area contributed by atoms with Gasteiger partial charge in [-0.15, -0.1) is 0 Å². The zero-order valence-electron chi connectivity index (χ0n) is 11.2. The Morgan fingerprint density at radius 3 is 2.45 bits per heavy atom. The van der Waals surface area contributed by atoms with Crippen LogP contribution in [0.2, 0.25) is 0 Å². The van der Waals surface area contributed by atoms with Crippen molar-refractivity contribution in [2.24, 2.45) is 0 Å². The SMILES string of the molecule is Cc1cc(S(=O)(=O)NC2(CO)CC2)cc([N+](=O)[O-])c1C. The molecule has 0 bridgehead atoms. The van der Waals surface area contributed by atoms with Gasteiger partial charge in [0.15, 0.2) is 0 Å². The van der Waals surface area contributed by atoms with E-state index in [-0.39, 0.29) is 17.2 Å². The molecule has 0 saturated heterocycles. The third-order valence-corrected chi connectivity index (χ3v) is 5.19. The van der Waals surface area contributed by atoms with E-state index >= 15 is 0 Å². The van der Waals surface area contributed by atoms with Crippen molar-refractivity contribution in [3.05, 3.63) is 33.4 Å². The normalized spacial score (nSPS) is 16.9. The van der Waals surface area contributed by atoms with E-state index in [2.05, 4.69) is 4.72 Å². The molecule has 0 aromatic heterocycles. The van der Waals surface area contributed by atoms with Crippen LogP contribution in [0.25, 0.3) is 0 Å². The van der Waals surface area contributed by atoms with Crippen molar-refractivity contribution in [3.63, 3.8) is 0 Å². The summed E-state index contributed by atoms with van der Waals surface area (Å²) in [6.45, 7) is 2.92. The van der Waals surface area contributed by atoms with Crippen LogP contribution in [-0.2, 0) is 10.0 Å². The van der Waals surface area contributed by atoms with Gasteiger partial charge in [0.2, 0.25) is 10.0 Å². The van der Waals surface area contributed by atoms with Crippen molar-refractivity contribution in [1.82, 2.24) is 4.72 Å². The summed E-state index contributed by atoms with van der Waals surface area (Å²) in [6.07, 6.45) is 1.13. The Labute approximate surface area is 116 Å². The van der Waals surface area contributed by atoms with E-state index in [9.17, 15) is 23.6 Å². The highest BCUT2D eigenvalue weighted by Gasteiger charge is 2.45. The first kappa shape index (κ1) is 14.9. The fraction of sp³-hybridized carbons (Fsp3) is 0.500. The van der Waals surface area contributed by atoms with Gasteiger partial charge in [0.05, 0.1) is 22.0 Å². The lowest BCUT2D eigenvalue weighted by atomic mass is 10.1.